The number of hydrogen-bond donors (Lipinski definition) is 1. The van der Waals surface area contributed by atoms with Crippen molar-refractivity contribution in [3.63, 3.8) is 0 Å². The fourth-order valence-electron chi connectivity index (χ4n) is 2.76. The van der Waals surface area contributed by atoms with Gasteiger partial charge in [0.25, 0.3) is 11.6 Å². The minimum atomic E-state index is -0.635. The van der Waals surface area contributed by atoms with E-state index >= 15 is 0 Å². The average Bonchev–Trinajstić information content (AvgIpc) is 3.13. The number of hydrogen-bond acceptors (Lipinski definition) is 5. The van der Waals surface area contributed by atoms with Gasteiger partial charge in [-0.1, -0.05) is 35.9 Å². The van der Waals surface area contributed by atoms with Crippen LogP contribution in [0.5, 0.6) is 0 Å². The van der Waals surface area contributed by atoms with Crippen LogP contribution in [0.3, 0.4) is 0 Å². The Morgan fingerprint density at radius 2 is 1.82 bits per heavy atom. The van der Waals surface area contributed by atoms with E-state index in [1.807, 2.05) is 18.2 Å². The first-order chi connectivity index (χ1) is 13.5. The van der Waals surface area contributed by atoms with Crippen LogP contribution in [0.25, 0.3) is 22.6 Å². The molecule has 1 N–H and O–H groups in total. The summed E-state index contributed by atoms with van der Waals surface area (Å²) in [6.45, 7) is 0. The van der Waals surface area contributed by atoms with Crippen LogP contribution in [-0.4, -0.2) is 15.8 Å². The Hall–Kier alpha value is -3.71. The number of nitrogens with zero attached hydrogens (tertiary/aromatic N) is 2. The van der Waals surface area contributed by atoms with Gasteiger partial charge in [0.05, 0.1) is 15.6 Å². The van der Waals surface area contributed by atoms with Gasteiger partial charge in [0.15, 0.2) is 5.58 Å². The van der Waals surface area contributed by atoms with Crippen molar-refractivity contribution >= 4 is 40.0 Å². The summed E-state index contributed by atoms with van der Waals surface area (Å²) >= 11 is 6.20. The summed E-state index contributed by atoms with van der Waals surface area (Å²) < 4.78 is 5.73. The zero-order chi connectivity index (χ0) is 19.7. The van der Waals surface area contributed by atoms with Gasteiger partial charge in [-0.05, 0) is 36.4 Å². The van der Waals surface area contributed by atoms with Gasteiger partial charge in [-0.25, -0.2) is 4.98 Å². The van der Waals surface area contributed by atoms with E-state index in [2.05, 4.69) is 10.3 Å². The number of rotatable bonds is 4. The van der Waals surface area contributed by atoms with E-state index in [0.29, 0.717) is 28.2 Å². The van der Waals surface area contributed by atoms with E-state index < -0.39 is 10.8 Å². The third-order valence-electron chi connectivity index (χ3n) is 4.10. The van der Waals surface area contributed by atoms with E-state index in [1.54, 1.807) is 30.3 Å². The first kappa shape index (κ1) is 17.7. The maximum absolute atomic E-state index is 12.6. The number of aromatic nitrogens is 1. The maximum Gasteiger partial charge on any atom is 0.282 e. The Balaban J connectivity index is 1.68. The number of para-hydroxylation sites is 3. The fraction of sp³-hybridized carbons (Fsp3) is 0. The number of nitrogens with one attached hydrogen (secondary N) is 1. The van der Waals surface area contributed by atoms with Crippen LogP contribution in [0, 0.1) is 10.1 Å². The number of benzene rings is 3. The van der Waals surface area contributed by atoms with Crippen molar-refractivity contribution in [2.75, 3.05) is 5.32 Å². The number of carbonyl (C=O) groups excluding carboxylic acids is 1. The van der Waals surface area contributed by atoms with Gasteiger partial charge in [-0.15, -0.1) is 0 Å². The molecule has 1 heterocycles. The van der Waals surface area contributed by atoms with Crippen LogP contribution in [0.4, 0.5) is 11.4 Å². The summed E-state index contributed by atoms with van der Waals surface area (Å²) in [4.78, 5) is 27.5. The van der Waals surface area contributed by atoms with Gasteiger partial charge >= 0.3 is 0 Å². The molecule has 0 atom stereocenters. The van der Waals surface area contributed by atoms with Crippen molar-refractivity contribution < 1.29 is 14.1 Å². The lowest BCUT2D eigenvalue weighted by molar-refractivity contribution is -0.385. The molecule has 4 rings (SSSR count). The normalized spacial score (nSPS) is 10.8. The first-order valence-corrected chi connectivity index (χ1v) is 8.61. The fourth-order valence-corrected chi connectivity index (χ4v) is 2.93. The molecule has 138 valence electrons. The van der Waals surface area contributed by atoms with Gasteiger partial charge in [0, 0.05) is 11.6 Å². The van der Waals surface area contributed by atoms with Gasteiger partial charge in [0.2, 0.25) is 5.89 Å². The number of nitro groups is 1. The van der Waals surface area contributed by atoms with E-state index in [9.17, 15) is 14.9 Å². The molecule has 0 unspecified atom stereocenters. The molecule has 1 aromatic heterocycles. The highest BCUT2D eigenvalue weighted by Gasteiger charge is 2.20. The summed E-state index contributed by atoms with van der Waals surface area (Å²) in [5, 5.41) is 14.1. The highest BCUT2D eigenvalue weighted by molar-refractivity contribution is 6.34. The van der Waals surface area contributed by atoms with Crippen LogP contribution in [-0.2, 0) is 0 Å². The molecule has 0 bridgehead atoms. The smallest absolute Gasteiger partial charge is 0.282 e. The molecule has 0 saturated heterocycles. The maximum atomic E-state index is 12.6. The topological polar surface area (TPSA) is 98.3 Å². The molecule has 0 aliphatic heterocycles. The summed E-state index contributed by atoms with van der Waals surface area (Å²) in [6.07, 6.45) is 0. The quantitative estimate of drug-likeness (QED) is 0.374. The van der Waals surface area contributed by atoms with E-state index in [0.717, 1.165) is 0 Å². The minimum Gasteiger partial charge on any atom is -0.436 e. The van der Waals surface area contributed by atoms with Crippen LogP contribution < -0.4 is 5.32 Å². The van der Waals surface area contributed by atoms with Crippen LogP contribution in [0.15, 0.2) is 71.1 Å². The van der Waals surface area contributed by atoms with Crippen molar-refractivity contribution in [2.24, 2.45) is 0 Å². The molecule has 8 heteroatoms. The highest BCUT2D eigenvalue weighted by Crippen LogP contribution is 2.31. The standard InChI is InChI=1S/C20H12ClN3O4/c21-14-10-9-12(20-23-15-6-2-4-8-18(15)28-20)11-16(14)22-19(25)13-5-1-3-7-17(13)24(26)27/h1-11H,(H,22,25). The van der Waals surface area contributed by atoms with Crippen LogP contribution >= 0.6 is 11.6 Å². The van der Waals surface area contributed by atoms with Gasteiger partial charge in [-0.3, -0.25) is 14.9 Å². The Bertz CT molecular complexity index is 1190. The molecular weight excluding hydrogens is 382 g/mol. The number of oxazole rings is 1. The molecule has 28 heavy (non-hydrogen) atoms. The number of fused-ring (bicyclic) bond motifs is 1. The molecule has 1 amide bonds. The van der Waals surface area contributed by atoms with Gasteiger partial charge in [-0.2, -0.15) is 0 Å². The second-order valence-corrected chi connectivity index (χ2v) is 6.32. The molecule has 0 radical (unpaired) electrons. The third kappa shape index (κ3) is 3.30. The lowest BCUT2D eigenvalue weighted by atomic mass is 10.1. The molecule has 0 aliphatic rings. The Kier molecular flexibility index (Phi) is 4.50. The lowest BCUT2D eigenvalue weighted by Crippen LogP contribution is -2.14. The zero-order valence-corrected chi connectivity index (χ0v) is 15.0. The molecule has 3 aromatic carbocycles. The van der Waals surface area contributed by atoms with Crippen molar-refractivity contribution in [3.8, 4) is 11.5 Å². The Morgan fingerprint density at radius 1 is 1.07 bits per heavy atom. The average molecular weight is 394 g/mol. The van der Waals surface area contributed by atoms with Crippen molar-refractivity contribution in [1.29, 1.82) is 0 Å². The summed E-state index contributed by atoms with van der Waals surface area (Å²) in [5.74, 6) is -0.261. The molecule has 7 nitrogen and oxygen atoms in total. The van der Waals surface area contributed by atoms with Crippen molar-refractivity contribution in [2.45, 2.75) is 0 Å². The van der Waals surface area contributed by atoms with Crippen molar-refractivity contribution in [3.05, 3.63) is 87.4 Å². The van der Waals surface area contributed by atoms with E-state index in [4.69, 9.17) is 16.0 Å². The number of amides is 1. The Labute approximate surface area is 163 Å². The third-order valence-corrected chi connectivity index (χ3v) is 4.43. The van der Waals surface area contributed by atoms with Gasteiger partial charge in [0.1, 0.15) is 11.1 Å². The number of nitro benzene ring substituents is 1. The predicted octanol–water partition coefficient (Wildman–Crippen LogP) is 5.31. The molecular formula is C20H12ClN3O4. The number of anilines is 1. The van der Waals surface area contributed by atoms with Crippen molar-refractivity contribution in [1.82, 2.24) is 4.98 Å². The molecule has 0 saturated carbocycles. The number of carbonyl (C=O) groups is 1. The number of halogens is 1. The Morgan fingerprint density at radius 3 is 2.61 bits per heavy atom. The highest BCUT2D eigenvalue weighted by atomic mass is 35.5. The second-order valence-electron chi connectivity index (χ2n) is 5.91. The zero-order valence-electron chi connectivity index (χ0n) is 14.3. The van der Waals surface area contributed by atoms with E-state index in [-0.39, 0.29) is 16.3 Å². The molecule has 0 fully saturated rings. The van der Waals surface area contributed by atoms with Crippen LogP contribution in [0.1, 0.15) is 10.4 Å². The SMILES string of the molecule is O=C(Nc1cc(-c2nc3ccccc3o2)ccc1Cl)c1ccccc1[N+](=O)[O-]. The molecule has 0 aliphatic carbocycles. The lowest BCUT2D eigenvalue weighted by Gasteiger charge is -2.09. The first-order valence-electron chi connectivity index (χ1n) is 8.23. The van der Waals surface area contributed by atoms with Gasteiger partial charge < -0.3 is 9.73 Å². The molecule has 4 aromatic rings. The van der Waals surface area contributed by atoms with Crippen LogP contribution in [0.2, 0.25) is 5.02 Å². The summed E-state index contributed by atoms with van der Waals surface area (Å²) in [5.41, 5.74) is 1.90. The monoisotopic (exact) mass is 393 g/mol. The molecule has 0 spiro atoms. The van der Waals surface area contributed by atoms with E-state index in [1.165, 1.54) is 18.2 Å². The minimum absolute atomic E-state index is 0.0594. The second kappa shape index (κ2) is 7.13. The largest absolute Gasteiger partial charge is 0.436 e. The summed E-state index contributed by atoms with van der Waals surface area (Å²) in [6, 6.07) is 18.0. The summed E-state index contributed by atoms with van der Waals surface area (Å²) in [7, 11) is 0. The predicted molar refractivity (Wildman–Crippen MR) is 106 cm³/mol.